The van der Waals surface area contributed by atoms with Crippen molar-refractivity contribution < 1.29 is 0 Å². The highest BCUT2D eigenvalue weighted by molar-refractivity contribution is 6.32. The van der Waals surface area contributed by atoms with E-state index in [0.29, 0.717) is 27.5 Å². The third-order valence-corrected chi connectivity index (χ3v) is 6.54. The highest BCUT2D eigenvalue weighted by Gasteiger charge is 2.61. The van der Waals surface area contributed by atoms with E-state index in [1.165, 1.54) is 19.3 Å². The van der Waals surface area contributed by atoms with E-state index in [0.717, 1.165) is 11.6 Å². The monoisotopic (exact) mass is 288 g/mol. The molecular weight excluding hydrogens is 268 g/mol. The highest BCUT2D eigenvalue weighted by atomic mass is 35.5. The first-order chi connectivity index (χ1) is 9.38. The lowest BCUT2D eigenvalue weighted by Gasteiger charge is -2.40. The normalized spacial score (nSPS) is 34.0. The fourth-order valence-corrected chi connectivity index (χ4v) is 4.54. The zero-order chi connectivity index (χ0) is 14.5. The number of nitrogens with zero attached hydrogens (tertiary/aromatic N) is 1. The van der Waals surface area contributed by atoms with Gasteiger partial charge in [-0.15, -0.1) is 0 Å². The van der Waals surface area contributed by atoms with Crippen molar-refractivity contribution in [3.05, 3.63) is 28.8 Å². The van der Waals surface area contributed by atoms with Crippen molar-refractivity contribution in [3.63, 3.8) is 0 Å². The van der Waals surface area contributed by atoms with Gasteiger partial charge in [0, 0.05) is 11.7 Å². The maximum absolute atomic E-state index is 8.93. The van der Waals surface area contributed by atoms with Gasteiger partial charge >= 0.3 is 0 Å². The zero-order valence-electron chi connectivity index (χ0n) is 12.3. The number of hydrogen-bond acceptors (Lipinski definition) is 2. The van der Waals surface area contributed by atoms with Gasteiger partial charge in [0.05, 0.1) is 10.6 Å². The van der Waals surface area contributed by atoms with E-state index in [1.54, 1.807) is 6.07 Å². The van der Waals surface area contributed by atoms with Crippen LogP contribution in [0.15, 0.2) is 18.2 Å². The lowest BCUT2D eigenvalue weighted by Crippen LogP contribution is -2.40. The molecule has 0 aromatic heterocycles. The Morgan fingerprint density at radius 1 is 1.35 bits per heavy atom. The van der Waals surface area contributed by atoms with Gasteiger partial charge in [-0.1, -0.05) is 32.4 Å². The van der Waals surface area contributed by atoms with Gasteiger partial charge in [-0.2, -0.15) is 5.26 Å². The number of nitriles is 1. The van der Waals surface area contributed by atoms with Crippen LogP contribution in [-0.4, -0.2) is 6.04 Å². The molecule has 1 N–H and O–H groups in total. The fourth-order valence-electron chi connectivity index (χ4n) is 4.32. The van der Waals surface area contributed by atoms with Crippen molar-refractivity contribution in [1.29, 1.82) is 5.26 Å². The number of nitrogens with one attached hydrogen (secondary N) is 1. The highest BCUT2D eigenvalue weighted by Crippen LogP contribution is 2.65. The number of hydrogen-bond donors (Lipinski definition) is 1. The minimum Gasteiger partial charge on any atom is -0.382 e. The van der Waals surface area contributed by atoms with Gasteiger partial charge in [-0.25, -0.2) is 0 Å². The molecule has 1 aromatic carbocycles. The topological polar surface area (TPSA) is 35.8 Å². The summed E-state index contributed by atoms with van der Waals surface area (Å²) in [5, 5.41) is 13.1. The molecule has 2 nitrogen and oxygen atoms in total. The summed E-state index contributed by atoms with van der Waals surface area (Å²) in [6, 6.07) is 8.24. The summed E-state index contributed by atoms with van der Waals surface area (Å²) >= 11 is 6.12. The molecule has 2 aliphatic carbocycles. The van der Waals surface area contributed by atoms with Gasteiger partial charge in [0.25, 0.3) is 0 Å². The molecule has 0 saturated heterocycles. The summed E-state index contributed by atoms with van der Waals surface area (Å²) in [7, 11) is 0. The Kier molecular flexibility index (Phi) is 3.03. The molecule has 2 saturated carbocycles. The first kappa shape index (κ1) is 13.8. The van der Waals surface area contributed by atoms with Gasteiger partial charge in [-0.3, -0.25) is 0 Å². The molecule has 20 heavy (non-hydrogen) atoms. The SMILES string of the molecule is CC1(C)C2CCC1(C)C(Nc1ccc(C#N)c(Cl)c1)C2. The van der Waals surface area contributed by atoms with Crippen LogP contribution in [0.1, 0.15) is 45.6 Å². The Morgan fingerprint density at radius 2 is 2.10 bits per heavy atom. The molecule has 0 heterocycles. The van der Waals surface area contributed by atoms with Crippen molar-refractivity contribution in [3.8, 4) is 6.07 Å². The van der Waals surface area contributed by atoms with Gasteiger partial charge in [0.1, 0.15) is 6.07 Å². The van der Waals surface area contributed by atoms with Gasteiger partial charge in [-0.05, 0) is 54.2 Å². The van der Waals surface area contributed by atoms with Gasteiger partial charge in [0.2, 0.25) is 0 Å². The van der Waals surface area contributed by atoms with Crippen LogP contribution in [0, 0.1) is 28.1 Å². The van der Waals surface area contributed by atoms with Crippen molar-refractivity contribution in [2.45, 2.75) is 46.1 Å². The van der Waals surface area contributed by atoms with E-state index < -0.39 is 0 Å². The Hall–Kier alpha value is -1.20. The van der Waals surface area contributed by atoms with Gasteiger partial charge in [0.15, 0.2) is 0 Å². The summed E-state index contributed by atoms with van der Waals surface area (Å²) in [4.78, 5) is 0. The van der Waals surface area contributed by atoms with Gasteiger partial charge < -0.3 is 5.32 Å². The lowest BCUT2D eigenvalue weighted by molar-refractivity contribution is 0.142. The molecule has 2 fully saturated rings. The molecule has 1 aromatic rings. The minimum atomic E-state index is 0.345. The molecule has 2 aliphatic rings. The second-order valence-corrected chi connectivity index (χ2v) is 7.52. The Balaban J connectivity index is 1.84. The van der Waals surface area contributed by atoms with E-state index in [1.807, 2.05) is 12.1 Å². The second kappa shape index (κ2) is 4.40. The fraction of sp³-hybridized carbons (Fsp3) is 0.588. The molecule has 0 radical (unpaired) electrons. The van der Waals surface area contributed by atoms with E-state index in [2.05, 4.69) is 32.2 Å². The summed E-state index contributed by atoms with van der Waals surface area (Å²) in [6.45, 7) is 7.25. The Morgan fingerprint density at radius 3 is 2.60 bits per heavy atom. The van der Waals surface area contributed by atoms with Crippen LogP contribution >= 0.6 is 11.6 Å². The smallest absolute Gasteiger partial charge is 0.101 e. The van der Waals surface area contributed by atoms with Crippen molar-refractivity contribution >= 4 is 17.3 Å². The van der Waals surface area contributed by atoms with Crippen LogP contribution in [0.3, 0.4) is 0 Å². The first-order valence-electron chi connectivity index (χ1n) is 7.34. The van der Waals surface area contributed by atoms with Crippen LogP contribution in [0.25, 0.3) is 0 Å². The minimum absolute atomic E-state index is 0.345. The number of halogens is 1. The molecule has 3 atom stereocenters. The maximum Gasteiger partial charge on any atom is 0.101 e. The van der Waals surface area contributed by atoms with Crippen LogP contribution in [0.4, 0.5) is 5.69 Å². The summed E-state index contributed by atoms with van der Waals surface area (Å²) in [5.41, 5.74) is 2.32. The number of benzene rings is 1. The second-order valence-electron chi connectivity index (χ2n) is 7.11. The molecule has 3 unspecified atom stereocenters. The van der Waals surface area contributed by atoms with Crippen LogP contribution in [0.2, 0.25) is 5.02 Å². The average Bonchev–Trinajstić information content (AvgIpc) is 2.72. The average molecular weight is 289 g/mol. The largest absolute Gasteiger partial charge is 0.382 e. The quantitative estimate of drug-likeness (QED) is 0.845. The third kappa shape index (κ3) is 1.76. The third-order valence-electron chi connectivity index (χ3n) is 6.22. The lowest BCUT2D eigenvalue weighted by atomic mass is 9.69. The first-order valence-corrected chi connectivity index (χ1v) is 7.72. The molecule has 2 bridgehead atoms. The molecule has 3 heteroatoms. The summed E-state index contributed by atoms with van der Waals surface area (Å²) in [6.07, 6.45) is 3.89. The van der Waals surface area contributed by atoms with Crippen LogP contribution in [0.5, 0.6) is 0 Å². The summed E-state index contributed by atoms with van der Waals surface area (Å²) < 4.78 is 0. The molecule has 106 valence electrons. The number of anilines is 1. The van der Waals surface area contributed by atoms with E-state index in [4.69, 9.17) is 16.9 Å². The van der Waals surface area contributed by atoms with Crippen LogP contribution in [-0.2, 0) is 0 Å². The molecule has 0 amide bonds. The maximum atomic E-state index is 8.93. The molecule has 0 spiro atoms. The van der Waals surface area contributed by atoms with Crippen molar-refractivity contribution in [2.24, 2.45) is 16.7 Å². The van der Waals surface area contributed by atoms with Crippen LogP contribution < -0.4 is 5.32 Å². The zero-order valence-corrected chi connectivity index (χ0v) is 13.1. The van der Waals surface area contributed by atoms with E-state index in [9.17, 15) is 0 Å². The van der Waals surface area contributed by atoms with E-state index >= 15 is 0 Å². The van der Waals surface area contributed by atoms with E-state index in [-0.39, 0.29) is 0 Å². The number of rotatable bonds is 2. The standard InChI is InChI=1S/C17H21ClN2/c1-16(2)12-6-7-17(16,3)15(8-12)20-13-5-4-11(10-19)14(18)9-13/h4-5,9,12,15,20H,6-8H2,1-3H3. The molecular formula is C17H21ClN2. The molecule has 0 aliphatic heterocycles. The van der Waals surface area contributed by atoms with Crippen molar-refractivity contribution in [1.82, 2.24) is 0 Å². The molecule has 3 rings (SSSR count). The predicted molar refractivity (Wildman–Crippen MR) is 82.8 cm³/mol. The Labute approximate surface area is 126 Å². The van der Waals surface area contributed by atoms with Crippen molar-refractivity contribution in [2.75, 3.05) is 5.32 Å². The Bertz CT molecular complexity index is 587. The summed E-state index contributed by atoms with van der Waals surface area (Å²) in [5.74, 6) is 0.818. The number of fused-ring (bicyclic) bond motifs is 2. The predicted octanol–water partition coefficient (Wildman–Crippen LogP) is 4.84.